The monoisotopic (exact) mass is 548 g/mol. The van der Waals surface area contributed by atoms with Gasteiger partial charge in [0, 0.05) is 27.0 Å². The number of rotatable bonds is 6. The number of nitrogens with zero attached hydrogens (tertiary/aromatic N) is 1. The van der Waals surface area contributed by atoms with Gasteiger partial charge in [-0.05, 0) is 71.7 Å². The maximum atomic E-state index is 12.3. The number of anilines is 1. The summed E-state index contributed by atoms with van der Waals surface area (Å²) >= 11 is 13.1. The van der Waals surface area contributed by atoms with E-state index in [1.165, 1.54) is 5.56 Å². The Morgan fingerprint density at radius 3 is 2.53 bits per heavy atom. The van der Waals surface area contributed by atoms with Crippen LogP contribution in [-0.4, -0.2) is 18.7 Å². The lowest BCUT2D eigenvalue weighted by Gasteiger charge is -2.12. The molecule has 30 heavy (non-hydrogen) atoms. The van der Waals surface area contributed by atoms with E-state index in [-0.39, 0.29) is 12.5 Å². The molecular weight excluding hydrogens is 532 g/mol. The minimum Gasteiger partial charge on any atom is -0.482 e. The molecule has 0 heterocycles. The molecule has 0 aliphatic carbocycles. The Kier molecular flexibility index (Phi) is 7.69. The summed E-state index contributed by atoms with van der Waals surface area (Å²) in [5, 5.41) is 3.38. The van der Waals surface area contributed by atoms with Crippen LogP contribution in [0.4, 0.5) is 11.4 Å². The first kappa shape index (κ1) is 22.5. The van der Waals surface area contributed by atoms with Crippen molar-refractivity contribution in [1.82, 2.24) is 0 Å². The SMILES string of the molecule is Cc1ccc(N=Cc2cc(Br)cc(Br)c2OCC(=O)Nc2ccc(C)c(Cl)c2)cc1. The summed E-state index contributed by atoms with van der Waals surface area (Å²) in [6.45, 7) is 3.78. The molecule has 0 spiro atoms. The van der Waals surface area contributed by atoms with E-state index >= 15 is 0 Å². The van der Waals surface area contributed by atoms with E-state index < -0.39 is 0 Å². The number of aliphatic imine (C=N–C) groups is 1. The van der Waals surface area contributed by atoms with E-state index in [1.54, 1.807) is 18.3 Å². The van der Waals surface area contributed by atoms with Crippen LogP contribution in [0.1, 0.15) is 16.7 Å². The summed E-state index contributed by atoms with van der Waals surface area (Å²) < 4.78 is 7.40. The van der Waals surface area contributed by atoms with Crippen LogP contribution >= 0.6 is 43.5 Å². The number of ether oxygens (including phenoxy) is 1. The maximum absolute atomic E-state index is 12.3. The number of carbonyl (C=O) groups excluding carboxylic acids is 1. The predicted octanol–water partition coefficient (Wildman–Crippen LogP) is 7.25. The fourth-order valence-corrected chi connectivity index (χ4v) is 4.16. The van der Waals surface area contributed by atoms with Crippen molar-refractivity contribution in [2.24, 2.45) is 4.99 Å². The quantitative estimate of drug-likeness (QED) is 0.329. The lowest BCUT2D eigenvalue weighted by molar-refractivity contribution is -0.118. The van der Waals surface area contributed by atoms with Gasteiger partial charge in [0.25, 0.3) is 5.91 Å². The molecule has 0 atom stereocenters. The molecule has 1 N–H and O–H groups in total. The largest absolute Gasteiger partial charge is 0.482 e. The van der Waals surface area contributed by atoms with E-state index in [2.05, 4.69) is 42.2 Å². The zero-order chi connectivity index (χ0) is 21.7. The van der Waals surface area contributed by atoms with Gasteiger partial charge < -0.3 is 10.1 Å². The highest BCUT2D eigenvalue weighted by molar-refractivity contribution is 9.11. The third-order valence-corrected chi connectivity index (χ3v) is 5.68. The van der Waals surface area contributed by atoms with Gasteiger partial charge in [-0.2, -0.15) is 0 Å². The fraction of sp³-hybridized carbons (Fsp3) is 0.130. The van der Waals surface area contributed by atoms with Crippen LogP contribution in [0.15, 0.2) is 68.5 Å². The molecule has 3 rings (SSSR count). The molecule has 154 valence electrons. The smallest absolute Gasteiger partial charge is 0.262 e. The molecular formula is C23H19Br2ClN2O2. The summed E-state index contributed by atoms with van der Waals surface area (Å²) in [6, 6.07) is 17.0. The van der Waals surface area contributed by atoms with Crippen LogP contribution in [0.3, 0.4) is 0 Å². The highest BCUT2D eigenvalue weighted by Gasteiger charge is 2.12. The molecule has 7 heteroatoms. The Hall–Kier alpha value is -2.15. The first-order valence-corrected chi connectivity index (χ1v) is 11.1. The van der Waals surface area contributed by atoms with Crippen molar-refractivity contribution in [3.8, 4) is 5.75 Å². The third-order valence-electron chi connectivity index (χ3n) is 4.23. The summed E-state index contributed by atoms with van der Waals surface area (Å²) in [7, 11) is 0. The zero-order valence-electron chi connectivity index (χ0n) is 16.4. The number of hydrogen-bond donors (Lipinski definition) is 1. The van der Waals surface area contributed by atoms with Gasteiger partial charge in [-0.25, -0.2) is 0 Å². The van der Waals surface area contributed by atoms with Gasteiger partial charge in [-0.15, -0.1) is 0 Å². The van der Waals surface area contributed by atoms with E-state index in [0.29, 0.717) is 20.9 Å². The lowest BCUT2D eigenvalue weighted by atomic mass is 10.2. The Balaban J connectivity index is 1.73. The maximum Gasteiger partial charge on any atom is 0.262 e. The van der Waals surface area contributed by atoms with Crippen molar-refractivity contribution in [2.45, 2.75) is 13.8 Å². The molecule has 0 saturated carbocycles. The number of halogens is 3. The molecule has 0 aliphatic heterocycles. The molecule has 4 nitrogen and oxygen atoms in total. The van der Waals surface area contributed by atoms with Crippen LogP contribution in [0.25, 0.3) is 0 Å². The van der Waals surface area contributed by atoms with Crippen LogP contribution in [0, 0.1) is 13.8 Å². The molecule has 0 saturated heterocycles. The minimum absolute atomic E-state index is 0.156. The number of benzene rings is 3. The van der Waals surface area contributed by atoms with Crippen molar-refractivity contribution in [3.05, 3.63) is 85.3 Å². The second kappa shape index (κ2) is 10.2. The van der Waals surface area contributed by atoms with E-state index in [9.17, 15) is 4.79 Å². The van der Waals surface area contributed by atoms with E-state index in [4.69, 9.17) is 16.3 Å². The summed E-state index contributed by atoms with van der Waals surface area (Å²) in [5.41, 5.74) is 4.31. The van der Waals surface area contributed by atoms with Crippen LogP contribution in [0.5, 0.6) is 5.75 Å². The first-order valence-electron chi connectivity index (χ1n) is 9.10. The third kappa shape index (κ3) is 6.17. The van der Waals surface area contributed by atoms with Crippen LogP contribution in [0.2, 0.25) is 5.02 Å². The summed E-state index contributed by atoms with van der Waals surface area (Å²) in [4.78, 5) is 16.9. The topological polar surface area (TPSA) is 50.7 Å². The van der Waals surface area contributed by atoms with E-state index in [1.807, 2.05) is 56.3 Å². The van der Waals surface area contributed by atoms with Crippen molar-refractivity contribution < 1.29 is 9.53 Å². The molecule has 0 unspecified atom stereocenters. The van der Waals surface area contributed by atoms with Crippen LogP contribution in [-0.2, 0) is 4.79 Å². The van der Waals surface area contributed by atoms with Gasteiger partial charge in [-0.1, -0.05) is 51.3 Å². The molecule has 3 aromatic carbocycles. The number of carbonyl (C=O) groups is 1. The molecule has 1 amide bonds. The second-order valence-corrected chi connectivity index (χ2v) is 8.88. The number of amides is 1. The van der Waals surface area contributed by atoms with Gasteiger partial charge in [0.05, 0.1) is 10.2 Å². The average molecular weight is 551 g/mol. The average Bonchev–Trinajstić information content (AvgIpc) is 2.69. The van der Waals surface area contributed by atoms with Crippen molar-refractivity contribution >= 4 is 67.0 Å². The molecule has 3 aromatic rings. The highest BCUT2D eigenvalue weighted by Crippen LogP contribution is 2.32. The minimum atomic E-state index is -0.286. The summed E-state index contributed by atoms with van der Waals surface area (Å²) in [6.07, 6.45) is 1.72. The van der Waals surface area contributed by atoms with Crippen molar-refractivity contribution in [2.75, 3.05) is 11.9 Å². The molecule has 0 fully saturated rings. The lowest BCUT2D eigenvalue weighted by Crippen LogP contribution is -2.20. The van der Waals surface area contributed by atoms with Crippen LogP contribution < -0.4 is 10.1 Å². The van der Waals surface area contributed by atoms with E-state index in [0.717, 1.165) is 21.3 Å². The van der Waals surface area contributed by atoms with Gasteiger partial charge in [0.15, 0.2) is 6.61 Å². The molecule has 0 aliphatic rings. The highest BCUT2D eigenvalue weighted by atomic mass is 79.9. The van der Waals surface area contributed by atoms with Gasteiger partial charge in [-0.3, -0.25) is 9.79 Å². The number of nitrogens with one attached hydrogen (secondary N) is 1. The van der Waals surface area contributed by atoms with Gasteiger partial charge >= 0.3 is 0 Å². The summed E-state index contributed by atoms with van der Waals surface area (Å²) in [5.74, 6) is 0.248. The number of aryl methyl sites for hydroxylation is 2. The predicted molar refractivity (Wildman–Crippen MR) is 131 cm³/mol. The standard InChI is InChI=1S/C23H19Br2ClN2O2/c1-14-3-6-18(7-4-14)27-12-16-9-17(24)10-20(25)23(16)30-13-22(29)28-19-8-5-15(2)21(26)11-19/h3-12H,13H2,1-2H3,(H,28,29). The van der Waals surface area contributed by atoms with Gasteiger partial charge in [0.1, 0.15) is 5.75 Å². The van der Waals surface area contributed by atoms with Gasteiger partial charge in [0.2, 0.25) is 0 Å². The number of hydrogen-bond acceptors (Lipinski definition) is 3. The molecule has 0 aromatic heterocycles. The zero-order valence-corrected chi connectivity index (χ0v) is 20.3. The molecule has 0 radical (unpaired) electrons. The molecule has 0 bridgehead atoms. The Labute approximate surface area is 197 Å². The Morgan fingerprint density at radius 1 is 1.10 bits per heavy atom. The Bertz CT molecular complexity index is 1100. The van der Waals surface area contributed by atoms with Crippen molar-refractivity contribution in [1.29, 1.82) is 0 Å². The van der Waals surface area contributed by atoms with Crippen molar-refractivity contribution in [3.63, 3.8) is 0 Å². The normalized spacial score (nSPS) is 11.0. The second-order valence-electron chi connectivity index (χ2n) is 6.70. The fourth-order valence-electron chi connectivity index (χ4n) is 2.61. The Morgan fingerprint density at radius 2 is 1.83 bits per heavy atom. The first-order chi connectivity index (χ1) is 14.3.